The van der Waals surface area contributed by atoms with Gasteiger partial charge in [-0.15, -0.1) is 0 Å². The maximum Gasteiger partial charge on any atom is 0.238 e. The van der Waals surface area contributed by atoms with Gasteiger partial charge in [0.1, 0.15) is 0 Å². The molecule has 0 aliphatic rings. The summed E-state index contributed by atoms with van der Waals surface area (Å²) < 4.78 is 95.8. The fourth-order valence-corrected chi connectivity index (χ4v) is 7.49. The molecule has 8 aromatic carbocycles. The molecule has 5 nitrogen and oxygen atoms in total. The second-order valence-corrected chi connectivity index (χ2v) is 13.3. The van der Waals surface area contributed by atoms with Crippen molar-refractivity contribution in [3.63, 3.8) is 0 Å². The van der Waals surface area contributed by atoms with E-state index in [1.54, 1.807) is 10.6 Å². The lowest BCUT2D eigenvalue weighted by Gasteiger charge is -2.12. The van der Waals surface area contributed by atoms with Crippen molar-refractivity contribution in [1.29, 1.82) is 0 Å². The van der Waals surface area contributed by atoms with E-state index in [4.69, 9.17) is 20.4 Å². The molecule has 0 amide bonds. The molecule has 0 spiro atoms. The molecular formula is C51H33N5. The Labute approximate surface area is 337 Å². The molecule has 11 rings (SSSR count). The average molecular weight is 726 g/mol. The number of hydrogen-bond acceptors (Lipinski definition) is 3. The summed E-state index contributed by atoms with van der Waals surface area (Å²) in [5.41, 5.74) is 5.42. The van der Waals surface area contributed by atoms with Gasteiger partial charge in [0.25, 0.3) is 0 Å². The van der Waals surface area contributed by atoms with Crippen molar-refractivity contribution in [2.75, 3.05) is 0 Å². The van der Waals surface area contributed by atoms with Crippen molar-refractivity contribution in [2.24, 2.45) is 0 Å². The average Bonchev–Trinajstić information content (AvgIpc) is 3.91. The van der Waals surface area contributed by atoms with E-state index in [1.165, 1.54) is 4.57 Å². The van der Waals surface area contributed by atoms with E-state index >= 15 is 0 Å². The first-order valence-electron chi connectivity index (χ1n) is 23.1. The van der Waals surface area contributed by atoms with Gasteiger partial charge in [-0.05, 0) is 52.5 Å². The van der Waals surface area contributed by atoms with Crippen LogP contribution in [0.15, 0.2) is 200 Å². The largest absolute Gasteiger partial charge is 0.309 e. The van der Waals surface area contributed by atoms with Gasteiger partial charge in [-0.25, -0.2) is 4.98 Å². The molecule has 0 N–H and O–H groups in total. The van der Waals surface area contributed by atoms with Crippen molar-refractivity contribution in [3.8, 4) is 56.7 Å². The first-order valence-corrected chi connectivity index (χ1v) is 18.1. The maximum atomic E-state index is 9.78. The van der Waals surface area contributed by atoms with E-state index in [0.717, 1.165) is 22.3 Å². The van der Waals surface area contributed by atoms with Crippen LogP contribution >= 0.6 is 0 Å². The van der Waals surface area contributed by atoms with E-state index in [2.05, 4.69) is 0 Å². The van der Waals surface area contributed by atoms with Crippen molar-refractivity contribution >= 4 is 43.6 Å². The van der Waals surface area contributed by atoms with E-state index in [0.29, 0.717) is 16.8 Å². The van der Waals surface area contributed by atoms with Crippen molar-refractivity contribution in [1.82, 2.24) is 24.1 Å². The number of benzene rings is 8. The van der Waals surface area contributed by atoms with Gasteiger partial charge >= 0.3 is 0 Å². The summed E-state index contributed by atoms with van der Waals surface area (Å²) in [6.07, 6.45) is 0. The Balaban J connectivity index is 1.34. The Bertz CT molecular complexity index is 3800. The molecule has 11 aromatic rings. The van der Waals surface area contributed by atoms with Crippen LogP contribution in [0, 0.1) is 0 Å². The first-order chi connectivity index (χ1) is 31.9. The summed E-state index contributed by atoms with van der Waals surface area (Å²) in [7, 11) is 0. The lowest BCUT2D eigenvalue weighted by atomic mass is 10.0. The van der Waals surface area contributed by atoms with Gasteiger partial charge in [-0.3, -0.25) is 4.57 Å². The van der Waals surface area contributed by atoms with Gasteiger partial charge in [-0.1, -0.05) is 170 Å². The Morgan fingerprint density at radius 1 is 0.375 bits per heavy atom. The number of rotatable bonds is 6. The fourth-order valence-electron chi connectivity index (χ4n) is 7.49. The Morgan fingerprint density at radius 3 is 1.57 bits per heavy atom. The molecule has 3 heterocycles. The summed E-state index contributed by atoms with van der Waals surface area (Å²) in [5, 5.41) is 0.0312. The van der Waals surface area contributed by atoms with Crippen molar-refractivity contribution < 1.29 is 13.7 Å². The van der Waals surface area contributed by atoms with Crippen LogP contribution in [0.2, 0.25) is 0 Å². The van der Waals surface area contributed by atoms with Crippen LogP contribution in [0.25, 0.3) is 100 Å². The number of nitrogens with zero attached hydrogens (tertiary/aromatic N) is 5. The summed E-state index contributed by atoms with van der Waals surface area (Å²) in [6, 6.07) is 39.1. The van der Waals surface area contributed by atoms with Gasteiger partial charge in [0, 0.05) is 38.4 Å². The highest BCUT2D eigenvalue weighted by Gasteiger charge is 2.23. The van der Waals surface area contributed by atoms with Crippen LogP contribution in [0.1, 0.15) is 13.7 Å². The summed E-state index contributed by atoms with van der Waals surface area (Å²) >= 11 is 0. The predicted octanol–water partition coefficient (Wildman–Crippen LogP) is 12.7. The monoisotopic (exact) mass is 725 g/mol. The third-order valence-corrected chi connectivity index (χ3v) is 10.1. The van der Waals surface area contributed by atoms with Crippen molar-refractivity contribution in [2.45, 2.75) is 0 Å². The number of hydrogen-bond donors (Lipinski definition) is 0. The molecule has 0 saturated carbocycles. The molecule has 0 radical (unpaired) electrons. The van der Waals surface area contributed by atoms with Crippen molar-refractivity contribution in [3.05, 3.63) is 200 Å². The van der Waals surface area contributed by atoms with Gasteiger partial charge in [0.15, 0.2) is 11.6 Å². The normalized spacial score (nSPS) is 14.1. The van der Waals surface area contributed by atoms with Gasteiger partial charge in [0.2, 0.25) is 5.95 Å². The zero-order valence-corrected chi connectivity index (χ0v) is 29.5. The third-order valence-electron chi connectivity index (χ3n) is 10.1. The van der Waals surface area contributed by atoms with E-state index in [9.17, 15) is 8.22 Å². The highest BCUT2D eigenvalue weighted by atomic mass is 15.2. The van der Waals surface area contributed by atoms with Gasteiger partial charge in [-0.2, -0.15) is 9.97 Å². The van der Waals surface area contributed by atoms with Crippen LogP contribution < -0.4 is 0 Å². The zero-order valence-electron chi connectivity index (χ0n) is 39.5. The minimum absolute atomic E-state index is 0.0213. The standard InChI is InChI=1S/C51H33N5/c1-4-15-34(16-5-1)36-27-29-38(30-28-36)50-52-49(37-19-8-3-9-20-37)53-51(54-50)56-44-25-12-10-23-41(44)42-31-32-46-47(48(42)56)43-24-11-13-26-45(43)55(46)40-22-14-21-39(33-40)35-17-6-2-7-18-35/h1-33H/i10D,11D,12D,13D,23D,24D,25D,26D,31D,32D. The van der Waals surface area contributed by atoms with Gasteiger partial charge in [0.05, 0.1) is 35.8 Å². The predicted molar refractivity (Wildman–Crippen MR) is 230 cm³/mol. The SMILES string of the molecule is [2H]c1c([2H])c([2H])c2c(c1[2H])c1c(c([2H])c([2H])c3c4c([2H])c([2H])c([2H])c([2H])c4n(-c4nc(-c5ccccc5)nc(-c5ccc(-c6ccccc6)cc5)n4)c31)n2-c1cccc(-c2ccccc2)c1. The molecule has 0 aliphatic carbocycles. The fraction of sp³-hybridized carbons (Fsp3) is 0. The van der Waals surface area contributed by atoms with Crippen LogP contribution in [0.4, 0.5) is 0 Å². The molecule has 56 heavy (non-hydrogen) atoms. The lowest BCUT2D eigenvalue weighted by molar-refractivity contribution is 0.955. The molecule has 262 valence electrons. The smallest absolute Gasteiger partial charge is 0.238 e. The summed E-state index contributed by atoms with van der Waals surface area (Å²) in [5.74, 6) is 0.387. The van der Waals surface area contributed by atoms with Crippen LogP contribution in [0.5, 0.6) is 0 Å². The molecule has 0 bridgehead atoms. The summed E-state index contributed by atoms with van der Waals surface area (Å²) in [6.45, 7) is 0. The topological polar surface area (TPSA) is 48.5 Å². The Kier molecular flexibility index (Phi) is 5.41. The number of aromatic nitrogens is 5. The Morgan fingerprint density at radius 2 is 0.893 bits per heavy atom. The molecule has 0 saturated heterocycles. The third kappa shape index (κ3) is 5.21. The minimum Gasteiger partial charge on any atom is -0.309 e. The molecular weight excluding hydrogens is 683 g/mol. The molecule has 0 fully saturated rings. The number of fused-ring (bicyclic) bond motifs is 7. The summed E-state index contributed by atoms with van der Waals surface area (Å²) in [4.78, 5) is 15.0. The lowest BCUT2D eigenvalue weighted by Crippen LogP contribution is -2.06. The zero-order chi connectivity index (χ0) is 45.7. The highest BCUT2D eigenvalue weighted by molar-refractivity contribution is 6.26. The molecule has 5 heteroatoms. The van der Waals surface area contributed by atoms with E-state index in [1.807, 2.05) is 133 Å². The quantitative estimate of drug-likeness (QED) is 0.171. The molecule has 3 aromatic heterocycles. The van der Waals surface area contributed by atoms with E-state index in [-0.39, 0.29) is 79.3 Å². The van der Waals surface area contributed by atoms with Crippen LogP contribution in [0.3, 0.4) is 0 Å². The Hall–Kier alpha value is -7.63. The van der Waals surface area contributed by atoms with Gasteiger partial charge < -0.3 is 4.57 Å². The van der Waals surface area contributed by atoms with Crippen LogP contribution in [-0.2, 0) is 0 Å². The molecule has 0 atom stereocenters. The second-order valence-electron chi connectivity index (χ2n) is 13.3. The molecule has 0 aliphatic heterocycles. The maximum absolute atomic E-state index is 9.78. The first kappa shape index (κ1) is 23.2. The number of para-hydroxylation sites is 2. The van der Waals surface area contributed by atoms with Crippen LogP contribution in [-0.4, -0.2) is 24.1 Å². The molecule has 0 unspecified atom stereocenters. The minimum atomic E-state index is -0.556. The highest BCUT2D eigenvalue weighted by Crippen LogP contribution is 2.42. The van der Waals surface area contributed by atoms with E-state index < -0.39 is 42.3 Å². The second kappa shape index (κ2) is 13.0.